The fourth-order valence-electron chi connectivity index (χ4n) is 2.66. The average Bonchev–Trinajstić information content (AvgIpc) is 2.75. The summed E-state index contributed by atoms with van der Waals surface area (Å²) in [4.78, 5) is 27.2. The Balaban J connectivity index is 1.67. The van der Waals surface area contributed by atoms with Crippen molar-refractivity contribution in [2.75, 3.05) is 6.61 Å². The fraction of sp³-hybridized carbons (Fsp3) is 0.200. The second kappa shape index (κ2) is 9.25. The number of azide groups is 1. The molecule has 0 saturated heterocycles. The van der Waals surface area contributed by atoms with Crippen molar-refractivity contribution in [3.63, 3.8) is 0 Å². The summed E-state index contributed by atoms with van der Waals surface area (Å²) in [6.07, 6.45) is 1.18. The maximum Gasteiger partial charge on any atom is 0.338 e. The number of hydrogen-bond acceptors (Lipinski definition) is 6. The number of benzene rings is 2. The summed E-state index contributed by atoms with van der Waals surface area (Å²) in [5.74, 6) is -1.09. The molecular weight excluding hydrogens is 362 g/mol. The number of carbonyl (C=O) groups excluding carboxylic acids is 2. The third kappa shape index (κ3) is 4.69. The first-order valence-electron chi connectivity index (χ1n) is 8.53. The molecule has 3 atom stereocenters. The first-order chi connectivity index (χ1) is 13.7. The van der Waals surface area contributed by atoms with E-state index in [2.05, 4.69) is 10.0 Å². The van der Waals surface area contributed by atoms with Gasteiger partial charge in [-0.2, -0.15) is 0 Å². The minimum absolute atomic E-state index is 0.166. The lowest BCUT2D eigenvalue weighted by molar-refractivity contribution is -0.0224. The van der Waals surface area contributed by atoms with E-state index in [0.717, 1.165) is 0 Å². The zero-order valence-electron chi connectivity index (χ0n) is 14.8. The van der Waals surface area contributed by atoms with Crippen LogP contribution >= 0.6 is 0 Å². The van der Waals surface area contributed by atoms with Crippen LogP contribution in [0.15, 0.2) is 78.1 Å². The van der Waals surface area contributed by atoms with Crippen molar-refractivity contribution in [3.05, 3.63) is 94.6 Å². The minimum Gasteiger partial charge on any atom is -0.494 e. The van der Waals surface area contributed by atoms with Crippen LogP contribution in [-0.4, -0.2) is 36.8 Å². The number of nitrogens with zero attached hydrogens (tertiary/aromatic N) is 3. The lowest BCUT2D eigenvalue weighted by atomic mass is 10.0. The van der Waals surface area contributed by atoms with Gasteiger partial charge in [0.2, 0.25) is 0 Å². The van der Waals surface area contributed by atoms with Crippen LogP contribution in [0.5, 0.6) is 0 Å². The summed E-state index contributed by atoms with van der Waals surface area (Å²) < 4.78 is 16.1. The molecule has 8 nitrogen and oxygen atoms in total. The standard InChI is InChI=1S/C20H17N3O5/c21-23-22-18-16(28-20(25)15-9-5-2-6-10-15)11-12-26-17(18)13-27-19(24)14-7-3-1-4-8-14/h1-12,16-18H,13H2. The minimum atomic E-state index is -0.883. The van der Waals surface area contributed by atoms with E-state index in [1.165, 1.54) is 12.3 Å². The average molecular weight is 379 g/mol. The van der Waals surface area contributed by atoms with E-state index in [1.807, 2.05) is 0 Å². The highest BCUT2D eigenvalue weighted by molar-refractivity contribution is 5.90. The topological polar surface area (TPSA) is 111 Å². The van der Waals surface area contributed by atoms with Gasteiger partial charge in [0.25, 0.3) is 0 Å². The molecule has 142 valence electrons. The molecule has 0 radical (unpaired) electrons. The van der Waals surface area contributed by atoms with Crippen LogP contribution in [-0.2, 0) is 14.2 Å². The van der Waals surface area contributed by atoms with Crippen molar-refractivity contribution in [1.82, 2.24) is 0 Å². The van der Waals surface area contributed by atoms with Gasteiger partial charge in [-0.15, -0.1) is 0 Å². The molecule has 28 heavy (non-hydrogen) atoms. The molecule has 2 aromatic rings. The summed E-state index contributed by atoms with van der Waals surface area (Å²) in [5, 5.41) is 3.68. The molecule has 0 saturated carbocycles. The lowest BCUT2D eigenvalue weighted by Gasteiger charge is -2.31. The Hall–Kier alpha value is -3.77. The highest BCUT2D eigenvalue weighted by Gasteiger charge is 2.35. The van der Waals surface area contributed by atoms with Crippen LogP contribution in [0, 0.1) is 0 Å². The lowest BCUT2D eigenvalue weighted by Crippen LogP contribution is -2.43. The maximum atomic E-state index is 12.3. The van der Waals surface area contributed by atoms with Crippen molar-refractivity contribution < 1.29 is 23.8 Å². The van der Waals surface area contributed by atoms with E-state index in [9.17, 15) is 9.59 Å². The van der Waals surface area contributed by atoms with Crippen LogP contribution < -0.4 is 0 Å². The number of carbonyl (C=O) groups is 2. The fourth-order valence-corrected chi connectivity index (χ4v) is 2.66. The van der Waals surface area contributed by atoms with Gasteiger partial charge in [-0.05, 0) is 35.9 Å². The molecule has 0 spiro atoms. The number of ether oxygens (including phenoxy) is 3. The SMILES string of the molecule is [N-]=[N+]=NC1C(OC(=O)c2ccccc2)C=COC1COC(=O)c1ccccc1. The molecule has 0 aromatic heterocycles. The van der Waals surface area contributed by atoms with Gasteiger partial charge in [-0.25, -0.2) is 9.59 Å². The van der Waals surface area contributed by atoms with Gasteiger partial charge in [0.15, 0.2) is 0 Å². The Morgan fingerprint density at radius 1 is 1.00 bits per heavy atom. The molecule has 1 aliphatic heterocycles. The summed E-state index contributed by atoms with van der Waals surface area (Å²) >= 11 is 0. The molecule has 0 bridgehead atoms. The monoisotopic (exact) mass is 379 g/mol. The van der Waals surface area contributed by atoms with Gasteiger partial charge in [0.05, 0.1) is 17.4 Å². The molecule has 2 aromatic carbocycles. The summed E-state index contributed by atoms with van der Waals surface area (Å²) in [7, 11) is 0. The molecular formula is C20H17N3O5. The molecule has 1 heterocycles. The Morgan fingerprint density at radius 3 is 2.21 bits per heavy atom. The van der Waals surface area contributed by atoms with Gasteiger partial charge in [0, 0.05) is 4.91 Å². The Labute approximate surface area is 161 Å². The Bertz CT molecular complexity index is 895. The van der Waals surface area contributed by atoms with E-state index in [0.29, 0.717) is 11.1 Å². The van der Waals surface area contributed by atoms with Crippen molar-refractivity contribution in [1.29, 1.82) is 0 Å². The maximum absolute atomic E-state index is 12.3. The first kappa shape index (κ1) is 19.0. The van der Waals surface area contributed by atoms with Crippen molar-refractivity contribution >= 4 is 11.9 Å². The molecule has 3 unspecified atom stereocenters. The van der Waals surface area contributed by atoms with Crippen LogP contribution in [0.4, 0.5) is 0 Å². The molecule has 0 fully saturated rings. The van der Waals surface area contributed by atoms with Crippen molar-refractivity contribution in [3.8, 4) is 0 Å². The van der Waals surface area contributed by atoms with Crippen LogP contribution in [0.25, 0.3) is 10.4 Å². The predicted octanol–water partition coefficient (Wildman–Crippen LogP) is 3.66. The number of rotatable bonds is 6. The number of hydrogen-bond donors (Lipinski definition) is 0. The van der Waals surface area contributed by atoms with Gasteiger partial charge >= 0.3 is 11.9 Å². The summed E-state index contributed by atoms with van der Waals surface area (Å²) in [5.41, 5.74) is 9.65. The van der Waals surface area contributed by atoms with Gasteiger partial charge in [-0.3, -0.25) is 0 Å². The zero-order valence-corrected chi connectivity index (χ0v) is 14.8. The third-order valence-electron chi connectivity index (χ3n) is 4.06. The van der Waals surface area contributed by atoms with Crippen LogP contribution in [0.2, 0.25) is 0 Å². The largest absolute Gasteiger partial charge is 0.494 e. The van der Waals surface area contributed by atoms with E-state index < -0.39 is 30.2 Å². The highest BCUT2D eigenvalue weighted by Crippen LogP contribution is 2.21. The van der Waals surface area contributed by atoms with Gasteiger partial charge < -0.3 is 14.2 Å². The third-order valence-corrected chi connectivity index (χ3v) is 4.06. The van der Waals surface area contributed by atoms with Gasteiger partial charge in [-0.1, -0.05) is 41.5 Å². The molecule has 0 N–H and O–H groups in total. The molecule has 1 aliphatic rings. The molecule has 8 heteroatoms. The summed E-state index contributed by atoms with van der Waals surface area (Å²) in [6, 6.07) is 16.0. The second-order valence-corrected chi connectivity index (χ2v) is 5.90. The summed E-state index contributed by atoms with van der Waals surface area (Å²) in [6.45, 7) is -0.166. The van der Waals surface area contributed by atoms with Crippen molar-refractivity contribution in [2.24, 2.45) is 5.11 Å². The van der Waals surface area contributed by atoms with Crippen LogP contribution in [0.3, 0.4) is 0 Å². The Morgan fingerprint density at radius 2 is 1.61 bits per heavy atom. The predicted molar refractivity (Wildman–Crippen MR) is 99.3 cm³/mol. The van der Waals surface area contributed by atoms with E-state index in [-0.39, 0.29) is 6.61 Å². The quantitative estimate of drug-likeness (QED) is 0.329. The zero-order chi connectivity index (χ0) is 19.8. The van der Waals surface area contributed by atoms with E-state index in [4.69, 9.17) is 19.7 Å². The van der Waals surface area contributed by atoms with E-state index >= 15 is 0 Å². The molecule has 0 aliphatic carbocycles. The molecule has 0 amide bonds. The highest BCUT2D eigenvalue weighted by atomic mass is 16.6. The van der Waals surface area contributed by atoms with E-state index in [1.54, 1.807) is 60.7 Å². The van der Waals surface area contributed by atoms with Gasteiger partial charge in [0.1, 0.15) is 24.9 Å². The van der Waals surface area contributed by atoms with Crippen molar-refractivity contribution in [2.45, 2.75) is 18.2 Å². The van der Waals surface area contributed by atoms with Crippen LogP contribution in [0.1, 0.15) is 20.7 Å². The first-order valence-corrected chi connectivity index (χ1v) is 8.53. The normalized spacial score (nSPS) is 20.4. The smallest absolute Gasteiger partial charge is 0.338 e. The second-order valence-electron chi connectivity index (χ2n) is 5.90. The number of esters is 2. The molecule has 3 rings (SSSR count). The Kier molecular flexibility index (Phi) is 6.28.